The summed E-state index contributed by atoms with van der Waals surface area (Å²) >= 11 is 0. The van der Waals surface area contributed by atoms with E-state index in [1.54, 1.807) is 37.4 Å². The summed E-state index contributed by atoms with van der Waals surface area (Å²) < 4.78 is 21.3. The third kappa shape index (κ3) is 6.91. The number of amides is 2. The molecule has 0 unspecified atom stereocenters. The van der Waals surface area contributed by atoms with Gasteiger partial charge >= 0.3 is 0 Å². The molecule has 0 radical (unpaired) electrons. The van der Waals surface area contributed by atoms with Gasteiger partial charge in [-0.25, -0.2) is 5.43 Å². The molecule has 2 amide bonds. The number of rotatable bonds is 10. The van der Waals surface area contributed by atoms with Crippen LogP contribution in [-0.2, 0) is 4.79 Å². The number of nitrogens with one attached hydrogen (secondary N) is 2. The van der Waals surface area contributed by atoms with Gasteiger partial charge in [-0.15, -0.1) is 0 Å². The number of hydrogen-bond donors (Lipinski definition) is 2. The SMILES string of the molecule is COc1ccc(C(=O)NCC(=O)N/N=C/c2ccc(OC(C)C)c(OC)c2)cc1OC. The van der Waals surface area contributed by atoms with Gasteiger partial charge in [0.2, 0.25) is 0 Å². The van der Waals surface area contributed by atoms with Crippen LogP contribution in [0, 0.1) is 0 Å². The van der Waals surface area contributed by atoms with E-state index in [9.17, 15) is 9.59 Å². The monoisotopic (exact) mass is 429 g/mol. The number of nitrogens with zero attached hydrogens (tertiary/aromatic N) is 1. The first-order chi connectivity index (χ1) is 14.9. The van der Waals surface area contributed by atoms with E-state index in [2.05, 4.69) is 15.8 Å². The lowest BCUT2D eigenvalue weighted by Crippen LogP contribution is -2.34. The second-order valence-electron chi connectivity index (χ2n) is 6.62. The van der Waals surface area contributed by atoms with Gasteiger partial charge < -0.3 is 24.3 Å². The molecule has 0 aliphatic heterocycles. The summed E-state index contributed by atoms with van der Waals surface area (Å²) in [7, 11) is 4.53. The van der Waals surface area contributed by atoms with Crippen molar-refractivity contribution in [3.63, 3.8) is 0 Å². The Balaban J connectivity index is 1.89. The highest BCUT2D eigenvalue weighted by Crippen LogP contribution is 2.28. The minimum atomic E-state index is -0.475. The lowest BCUT2D eigenvalue weighted by molar-refractivity contribution is -0.120. The maximum Gasteiger partial charge on any atom is 0.259 e. The standard InChI is InChI=1S/C22H27N3O6/c1-14(2)31-18-8-6-15(10-19(18)29-4)12-24-25-21(26)13-23-22(27)16-7-9-17(28-3)20(11-16)30-5/h6-12,14H,13H2,1-5H3,(H,23,27)(H,25,26)/b24-12+. The molecule has 0 aromatic heterocycles. The molecule has 166 valence electrons. The molecule has 0 aliphatic carbocycles. The number of carbonyl (C=O) groups is 2. The van der Waals surface area contributed by atoms with Crippen molar-refractivity contribution in [1.29, 1.82) is 0 Å². The highest BCUT2D eigenvalue weighted by Gasteiger charge is 2.12. The van der Waals surface area contributed by atoms with Gasteiger partial charge in [0.05, 0.1) is 40.2 Å². The first-order valence-electron chi connectivity index (χ1n) is 9.54. The number of ether oxygens (including phenoxy) is 4. The van der Waals surface area contributed by atoms with Crippen molar-refractivity contribution in [3.05, 3.63) is 47.5 Å². The summed E-state index contributed by atoms with van der Waals surface area (Å²) in [6.45, 7) is 3.61. The number of hydrogen-bond acceptors (Lipinski definition) is 7. The van der Waals surface area contributed by atoms with E-state index in [-0.39, 0.29) is 12.6 Å². The number of hydrazone groups is 1. The van der Waals surface area contributed by atoms with E-state index in [1.807, 2.05) is 13.8 Å². The molecule has 0 heterocycles. The minimum absolute atomic E-state index is 0.0157. The summed E-state index contributed by atoms with van der Waals surface area (Å²) in [5, 5.41) is 6.42. The van der Waals surface area contributed by atoms with Crippen molar-refractivity contribution in [2.24, 2.45) is 5.10 Å². The topological polar surface area (TPSA) is 107 Å². The third-order valence-corrected chi connectivity index (χ3v) is 4.01. The summed E-state index contributed by atoms with van der Waals surface area (Å²) in [6.07, 6.45) is 1.48. The third-order valence-electron chi connectivity index (χ3n) is 4.01. The van der Waals surface area contributed by atoms with Crippen LogP contribution in [0.15, 0.2) is 41.5 Å². The van der Waals surface area contributed by atoms with E-state index in [1.165, 1.54) is 26.5 Å². The molecule has 9 nitrogen and oxygen atoms in total. The molecule has 0 atom stereocenters. The van der Waals surface area contributed by atoms with E-state index >= 15 is 0 Å². The van der Waals surface area contributed by atoms with E-state index < -0.39 is 11.8 Å². The molecule has 2 aromatic rings. The van der Waals surface area contributed by atoms with Gasteiger partial charge in [0.25, 0.3) is 11.8 Å². The van der Waals surface area contributed by atoms with Crippen LogP contribution in [0.3, 0.4) is 0 Å². The zero-order valence-corrected chi connectivity index (χ0v) is 18.2. The predicted molar refractivity (Wildman–Crippen MR) is 116 cm³/mol. The average molecular weight is 429 g/mol. The van der Waals surface area contributed by atoms with Crippen molar-refractivity contribution in [2.45, 2.75) is 20.0 Å². The predicted octanol–water partition coefficient (Wildman–Crippen LogP) is 2.38. The van der Waals surface area contributed by atoms with Crippen LogP contribution in [0.1, 0.15) is 29.8 Å². The zero-order chi connectivity index (χ0) is 22.8. The molecular formula is C22H27N3O6. The van der Waals surface area contributed by atoms with Crippen LogP contribution in [0.5, 0.6) is 23.0 Å². The van der Waals surface area contributed by atoms with Crippen LogP contribution in [-0.4, -0.2) is 52.0 Å². The van der Waals surface area contributed by atoms with Crippen molar-refractivity contribution in [2.75, 3.05) is 27.9 Å². The molecule has 0 fully saturated rings. The molecule has 0 bridgehead atoms. The molecule has 0 aliphatic rings. The highest BCUT2D eigenvalue weighted by molar-refractivity contribution is 5.97. The average Bonchev–Trinajstić information content (AvgIpc) is 2.77. The van der Waals surface area contributed by atoms with Crippen LogP contribution in [0.4, 0.5) is 0 Å². The first-order valence-corrected chi connectivity index (χ1v) is 9.54. The van der Waals surface area contributed by atoms with Gasteiger partial charge in [-0.1, -0.05) is 0 Å². The van der Waals surface area contributed by atoms with Crippen molar-refractivity contribution in [3.8, 4) is 23.0 Å². The maximum atomic E-state index is 12.2. The fraction of sp³-hybridized carbons (Fsp3) is 0.318. The van der Waals surface area contributed by atoms with Gasteiger partial charge in [0, 0.05) is 5.56 Å². The Morgan fingerprint density at radius 2 is 1.58 bits per heavy atom. The molecule has 31 heavy (non-hydrogen) atoms. The molecule has 0 saturated heterocycles. The number of benzene rings is 2. The Bertz CT molecular complexity index is 943. The Labute approximate surface area is 181 Å². The van der Waals surface area contributed by atoms with Crippen LogP contribution >= 0.6 is 0 Å². The van der Waals surface area contributed by atoms with Crippen molar-refractivity contribution >= 4 is 18.0 Å². The van der Waals surface area contributed by atoms with E-state index in [4.69, 9.17) is 18.9 Å². The summed E-state index contributed by atoms with van der Waals surface area (Å²) in [5.41, 5.74) is 3.41. The molecule has 2 rings (SSSR count). The Hall–Kier alpha value is -3.75. The van der Waals surface area contributed by atoms with Crippen LogP contribution in [0.25, 0.3) is 0 Å². The molecule has 2 N–H and O–H groups in total. The summed E-state index contributed by atoms with van der Waals surface area (Å²) in [6, 6.07) is 10.0. The Kier molecular flexibility index (Phi) is 8.68. The van der Waals surface area contributed by atoms with Gasteiger partial charge in [-0.05, 0) is 55.8 Å². The largest absolute Gasteiger partial charge is 0.493 e. The van der Waals surface area contributed by atoms with E-state index in [0.717, 1.165) is 0 Å². The molecule has 2 aromatic carbocycles. The summed E-state index contributed by atoms with van der Waals surface area (Å²) in [5.74, 6) is 1.21. The normalized spacial score (nSPS) is 10.6. The lowest BCUT2D eigenvalue weighted by atomic mass is 10.2. The second-order valence-corrected chi connectivity index (χ2v) is 6.62. The molecular weight excluding hydrogens is 402 g/mol. The summed E-state index contributed by atoms with van der Waals surface area (Å²) in [4.78, 5) is 24.2. The Morgan fingerprint density at radius 1 is 0.935 bits per heavy atom. The fourth-order valence-corrected chi connectivity index (χ4v) is 2.57. The molecule has 9 heteroatoms. The highest BCUT2D eigenvalue weighted by atomic mass is 16.5. The maximum absolute atomic E-state index is 12.2. The smallest absolute Gasteiger partial charge is 0.259 e. The van der Waals surface area contributed by atoms with Gasteiger partial charge in [-0.2, -0.15) is 5.10 Å². The van der Waals surface area contributed by atoms with E-state index in [0.29, 0.717) is 34.1 Å². The quantitative estimate of drug-likeness (QED) is 0.444. The second kappa shape index (κ2) is 11.4. The number of carbonyl (C=O) groups excluding carboxylic acids is 2. The Morgan fingerprint density at radius 3 is 2.23 bits per heavy atom. The van der Waals surface area contributed by atoms with Crippen LogP contribution in [0.2, 0.25) is 0 Å². The minimum Gasteiger partial charge on any atom is -0.493 e. The lowest BCUT2D eigenvalue weighted by Gasteiger charge is -2.13. The van der Waals surface area contributed by atoms with Gasteiger partial charge in [0.15, 0.2) is 23.0 Å². The molecule has 0 spiro atoms. The van der Waals surface area contributed by atoms with Gasteiger partial charge in [0.1, 0.15) is 0 Å². The van der Waals surface area contributed by atoms with Gasteiger partial charge in [-0.3, -0.25) is 9.59 Å². The van der Waals surface area contributed by atoms with Crippen molar-refractivity contribution < 1.29 is 28.5 Å². The van der Waals surface area contributed by atoms with Crippen molar-refractivity contribution in [1.82, 2.24) is 10.7 Å². The fourth-order valence-electron chi connectivity index (χ4n) is 2.57. The molecule has 0 saturated carbocycles. The first kappa shape index (κ1) is 23.5. The zero-order valence-electron chi connectivity index (χ0n) is 18.2. The van der Waals surface area contributed by atoms with Crippen LogP contribution < -0.4 is 29.7 Å². The number of methoxy groups -OCH3 is 3.